The van der Waals surface area contributed by atoms with Gasteiger partial charge in [-0.25, -0.2) is 0 Å². The average molecular weight is 261 g/mol. The Morgan fingerprint density at radius 3 is 2.89 bits per heavy atom. The van der Waals surface area contributed by atoms with Crippen molar-refractivity contribution in [2.45, 2.75) is 18.7 Å². The van der Waals surface area contributed by atoms with Crippen LogP contribution in [-0.2, 0) is 4.79 Å². The molecule has 2 aromatic rings. The molecule has 3 nitrogen and oxygen atoms in total. The van der Waals surface area contributed by atoms with Gasteiger partial charge in [0.15, 0.2) is 0 Å². The number of pyridine rings is 1. The molecule has 18 heavy (non-hydrogen) atoms. The minimum atomic E-state index is -0.0995. The molecule has 0 radical (unpaired) electrons. The van der Waals surface area contributed by atoms with Crippen molar-refractivity contribution in [3.05, 3.63) is 36.0 Å². The second-order valence-corrected chi connectivity index (χ2v) is 5.22. The van der Waals surface area contributed by atoms with Gasteiger partial charge in [-0.1, -0.05) is 18.2 Å². The van der Waals surface area contributed by atoms with Crippen LogP contribution in [0, 0.1) is 6.92 Å². The van der Waals surface area contributed by atoms with Crippen molar-refractivity contribution in [1.82, 2.24) is 4.98 Å². The highest BCUT2D eigenvalue weighted by Crippen LogP contribution is 2.30. The van der Waals surface area contributed by atoms with E-state index in [1.54, 1.807) is 4.90 Å². The number of anilines is 1. The number of benzene rings is 1. The normalized spacial score (nSPS) is 19.8. The summed E-state index contributed by atoms with van der Waals surface area (Å²) in [5, 5.41) is 0.946. The molecule has 1 atom stereocenters. The Bertz CT molecular complexity index is 626. The van der Waals surface area contributed by atoms with Gasteiger partial charge in [-0.05, 0) is 19.1 Å². The summed E-state index contributed by atoms with van der Waals surface area (Å²) >= 11 is 6.05. The summed E-state index contributed by atoms with van der Waals surface area (Å²) in [4.78, 5) is 18.2. The molecule has 1 amide bonds. The van der Waals surface area contributed by atoms with Crippen LogP contribution in [0.5, 0.6) is 0 Å². The Kier molecular flexibility index (Phi) is 2.71. The summed E-state index contributed by atoms with van der Waals surface area (Å²) in [7, 11) is 0. The van der Waals surface area contributed by atoms with Crippen LogP contribution in [0.2, 0.25) is 0 Å². The molecule has 0 aliphatic carbocycles. The average Bonchev–Trinajstić information content (AvgIpc) is 2.67. The molecule has 0 saturated carbocycles. The maximum Gasteiger partial charge on any atom is 0.228 e. The first-order valence-electron chi connectivity index (χ1n) is 5.96. The highest BCUT2D eigenvalue weighted by atomic mass is 35.5. The molecule has 3 rings (SSSR count). The van der Waals surface area contributed by atoms with E-state index in [0.717, 1.165) is 22.3 Å². The summed E-state index contributed by atoms with van der Waals surface area (Å²) in [6, 6.07) is 9.89. The molecule has 1 unspecified atom stereocenters. The summed E-state index contributed by atoms with van der Waals surface area (Å²) in [6.07, 6.45) is 0.407. The van der Waals surface area contributed by atoms with Crippen LogP contribution in [-0.4, -0.2) is 22.8 Å². The van der Waals surface area contributed by atoms with E-state index >= 15 is 0 Å². The largest absolute Gasteiger partial charge is 0.309 e. The van der Waals surface area contributed by atoms with Crippen LogP contribution >= 0.6 is 11.6 Å². The third-order valence-corrected chi connectivity index (χ3v) is 3.50. The van der Waals surface area contributed by atoms with E-state index in [4.69, 9.17) is 11.6 Å². The summed E-state index contributed by atoms with van der Waals surface area (Å²) < 4.78 is 0. The molecule has 1 saturated heterocycles. The number of hydrogen-bond acceptors (Lipinski definition) is 2. The summed E-state index contributed by atoms with van der Waals surface area (Å²) in [6.45, 7) is 2.52. The Hall–Kier alpha value is -1.61. The highest BCUT2D eigenvalue weighted by Gasteiger charge is 2.30. The highest BCUT2D eigenvalue weighted by molar-refractivity contribution is 6.24. The van der Waals surface area contributed by atoms with Gasteiger partial charge in [0.25, 0.3) is 0 Å². The number of rotatable bonds is 1. The maximum atomic E-state index is 11.9. The van der Waals surface area contributed by atoms with E-state index in [1.165, 1.54) is 0 Å². The van der Waals surface area contributed by atoms with Gasteiger partial charge in [-0.3, -0.25) is 9.78 Å². The molecule has 4 heteroatoms. The molecule has 0 N–H and O–H groups in total. The lowest BCUT2D eigenvalue weighted by atomic mass is 10.1. The molecule has 92 valence electrons. The van der Waals surface area contributed by atoms with E-state index < -0.39 is 0 Å². The van der Waals surface area contributed by atoms with Gasteiger partial charge in [0.2, 0.25) is 5.91 Å². The number of para-hydroxylation sites is 1. The first-order valence-corrected chi connectivity index (χ1v) is 6.39. The van der Waals surface area contributed by atoms with Crippen molar-refractivity contribution in [1.29, 1.82) is 0 Å². The molecule has 2 heterocycles. The minimum Gasteiger partial charge on any atom is -0.309 e. The van der Waals surface area contributed by atoms with Gasteiger partial charge in [0.05, 0.1) is 16.6 Å². The van der Waals surface area contributed by atoms with Crippen LogP contribution < -0.4 is 4.90 Å². The minimum absolute atomic E-state index is 0.0748. The number of fused-ring (bicyclic) bond motifs is 1. The zero-order chi connectivity index (χ0) is 12.7. The van der Waals surface area contributed by atoms with Crippen molar-refractivity contribution < 1.29 is 4.79 Å². The van der Waals surface area contributed by atoms with Crippen LogP contribution in [0.1, 0.15) is 12.1 Å². The fraction of sp³-hybridized carbons (Fsp3) is 0.286. The number of carbonyl (C=O) groups excluding carboxylic acids is 1. The summed E-state index contributed by atoms with van der Waals surface area (Å²) in [5.74, 6) is 0.0748. The van der Waals surface area contributed by atoms with Crippen molar-refractivity contribution >= 4 is 34.1 Å². The Labute approximate surface area is 110 Å². The monoisotopic (exact) mass is 260 g/mol. The number of aromatic nitrogens is 1. The van der Waals surface area contributed by atoms with Gasteiger partial charge in [0.1, 0.15) is 0 Å². The fourth-order valence-corrected chi connectivity index (χ4v) is 2.61. The Morgan fingerprint density at radius 1 is 1.33 bits per heavy atom. The zero-order valence-corrected chi connectivity index (χ0v) is 10.8. The van der Waals surface area contributed by atoms with Crippen LogP contribution in [0.4, 0.5) is 5.69 Å². The number of carbonyl (C=O) groups is 1. The Morgan fingerprint density at radius 2 is 2.17 bits per heavy atom. The topological polar surface area (TPSA) is 33.2 Å². The number of aryl methyl sites for hydroxylation is 1. The predicted octanol–water partition coefficient (Wildman–Crippen LogP) is 2.89. The predicted molar refractivity (Wildman–Crippen MR) is 73.1 cm³/mol. The lowest BCUT2D eigenvalue weighted by Crippen LogP contribution is -2.25. The SMILES string of the molecule is Cc1ccc2cccc(N3CC(Cl)CC3=O)c2n1. The second-order valence-electron chi connectivity index (χ2n) is 4.61. The molecule has 0 bridgehead atoms. The van der Waals surface area contributed by atoms with Gasteiger partial charge in [-0.15, -0.1) is 11.6 Å². The number of nitrogens with zero attached hydrogens (tertiary/aromatic N) is 2. The first kappa shape index (κ1) is 11.5. The van der Waals surface area contributed by atoms with Crippen molar-refractivity contribution in [2.24, 2.45) is 0 Å². The lowest BCUT2D eigenvalue weighted by molar-refractivity contribution is -0.117. The third kappa shape index (κ3) is 1.85. The lowest BCUT2D eigenvalue weighted by Gasteiger charge is -2.17. The Balaban J connectivity index is 2.17. The number of alkyl halides is 1. The molecule has 1 aliphatic heterocycles. The molecule has 1 aliphatic rings. The van der Waals surface area contributed by atoms with E-state index in [0.29, 0.717) is 13.0 Å². The second kappa shape index (κ2) is 4.25. The fourth-order valence-electron chi connectivity index (χ4n) is 2.34. The molecule has 0 spiro atoms. The first-order chi connectivity index (χ1) is 8.65. The molecule has 1 aromatic heterocycles. The van der Waals surface area contributed by atoms with E-state index in [9.17, 15) is 4.79 Å². The molecular weight excluding hydrogens is 248 g/mol. The summed E-state index contributed by atoms with van der Waals surface area (Å²) in [5.41, 5.74) is 2.69. The van der Waals surface area contributed by atoms with Crippen molar-refractivity contribution in [2.75, 3.05) is 11.4 Å². The number of halogens is 1. The molecule has 1 aromatic carbocycles. The smallest absolute Gasteiger partial charge is 0.228 e. The third-order valence-electron chi connectivity index (χ3n) is 3.21. The van der Waals surface area contributed by atoms with Crippen molar-refractivity contribution in [3.8, 4) is 0 Å². The maximum absolute atomic E-state index is 11.9. The van der Waals surface area contributed by atoms with Crippen LogP contribution in [0.15, 0.2) is 30.3 Å². The van der Waals surface area contributed by atoms with Gasteiger partial charge in [0, 0.05) is 24.0 Å². The van der Waals surface area contributed by atoms with Crippen LogP contribution in [0.25, 0.3) is 10.9 Å². The van der Waals surface area contributed by atoms with E-state index in [2.05, 4.69) is 4.98 Å². The van der Waals surface area contributed by atoms with Crippen LogP contribution in [0.3, 0.4) is 0 Å². The zero-order valence-electron chi connectivity index (χ0n) is 10.1. The van der Waals surface area contributed by atoms with Gasteiger partial charge in [-0.2, -0.15) is 0 Å². The number of hydrogen-bond donors (Lipinski definition) is 0. The molecular formula is C14H13ClN2O. The van der Waals surface area contributed by atoms with Gasteiger partial charge >= 0.3 is 0 Å². The quantitative estimate of drug-likeness (QED) is 0.739. The number of amides is 1. The van der Waals surface area contributed by atoms with E-state index in [1.807, 2.05) is 37.3 Å². The molecule has 1 fully saturated rings. The van der Waals surface area contributed by atoms with E-state index in [-0.39, 0.29) is 11.3 Å². The van der Waals surface area contributed by atoms with Gasteiger partial charge < -0.3 is 4.90 Å². The van der Waals surface area contributed by atoms with Crippen molar-refractivity contribution in [3.63, 3.8) is 0 Å². The standard InChI is InChI=1S/C14H13ClN2O/c1-9-5-6-10-3-2-4-12(14(10)16-9)17-8-11(15)7-13(17)18/h2-6,11H,7-8H2,1H3.